The van der Waals surface area contributed by atoms with Gasteiger partial charge in [-0.05, 0) is 42.0 Å². The summed E-state index contributed by atoms with van der Waals surface area (Å²) in [4.78, 5) is 12.6. The first-order valence-corrected chi connectivity index (χ1v) is 9.89. The van der Waals surface area contributed by atoms with Crippen molar-refractivity contribution < 1.29 is 44.2 Å². The van der Waals surface area contributed by atoms with Crippen molar-refractivity contribution in [3.8, 4) is 17.2 Å². The molecule has 1 aliphatic heterocycles. The number of carbonyl (C=O) groups excluding carboxylic acids is 1. The van der Waals surface area contributed by atoms with Crippen LogP contribution in [0, 0.1) is 0 Å². The van der Waals surface area contributed by atoms with Crippen LogP contribution in [0.5, 0.6) is 17.2 Å². The van der Waals surface area contributed by atoms with Crippen molar-refractivity contribution in [2.45, 2.75) is 30.7 Å². The lowest BCUT2D eigenvalue weighted by Gasteiger charge is -2.39. The standard InChI is InChI=1S/C23H26O9/c1-29-15-7-3-13(4-8-15)5-9-16(25)14-6-10-17(18(11-14)30-2)31-23-22(28)21(27)20(26)19(12-24)32-23/h3-11,19-24,26-28H,12H2,1-2H3/b9-5+/t19-,20-,21+,22-,23-/m1/s1. The molecule has 0 spiro atoms. The van der Waals surface area contributed by atoms with Crippen molar-refractivity contribution in [3.63, 3.8) is 0 Å². The van der Waals surface area contributed by atoms with Gasteiger partial charge in [0.2, 0.25) is 6.29 Å². The number of hydrogen-bond donors (Lipinski definition) is 4. The van der Waals surface area contributed by atoms with Crippen molar-refractivity contribution in [1.29, 1.82) is 0 Å². The molecule has 9 nitrogen and oxygen atoms in total. The van der Waals surface area contributed by atoms with E-state index in [1.807, 2.05) is 12.1 Å². The monoisotopic (exact) mass is 446 g/mol. The number of aliphatic hydroxyl groups is 4. The minimum atomic E-state index is -1.57. The zero-order valence-corrected chi connectivity index (χ0v) is 17.6. The van der Waals surface area contributed by atoms with Crippen LogP contribution in [0.25, 0.3) is 6.08 Å². The van der Waals surface area contributed by atoms with Gasteiger partial charge in [-0.3, -0.25) is 4.79 Å². The number of benzene rings is 2. The van der Waals surface area contributed by atoms with Gasteiger partial charge in [0.15, 0.2) is 17.3 Å². The van der Waals surface area contributed by atoms with Crippen LogP contribution < -0.4 is 14.2 Å². The molecule has 9 heteroatoms. The van der Waals surface area contributed by atoms with Crippen molar-refractivity contribution in [1.82, 2.24) is 0 Å². The Kier molecular flexibility index (Phi) is 7.84. The number of ether oxygens (including phenoxy) is 4. The van der Waals surface area contributed by atoms with E-state index in [-0.39, 0.29) is 17.3 Å². The molecule has 32 heavy (non-hydrogen) atoms. The Morgan fingerprint density at radius 1 is 0.969 bits per heavy atom. The molecule has 0 saturated carbocycles. The number of aliphatic hydroxyl groups excluding tert-OH is 4. The average Bonchev–Trinajstić information content (AvgIpc) is 2.83. The number of ketones is 1. The highest BCUT2D eigenvalue weighted by atomic mass is 16.7. The van der Waals surface area contributed by atoms with Crippen molar-refractivity contribution >= 4 is 11.9 Å². The van der Waals surface area contributed by atoms with Crippen LogP contribution >= 0.6 is 0 Å². The van der Waals surface area contributed by atoms with Gasteiger partial charge >= 0.3 is 0 Å². The summed E-state index contributed by atoms with van der Waals surface area (Å²) in [7, 11) is 2.96. The van der Waals surface area contributed by atoms with E-state index in [4.69, 9.17) is 18.9 Å². The zero-order valence-electron chi connectivity index (χ0n) is 17.6. The van der Waals surface area contributed by atoms with E-state index in [2.05, 4.69) is 0 Å². The van der Waals surface area contributed by atoms with E-state index in [1.165, 1.54) is 31.4 Å². The first-order chi connectivity index (χ1) is 15.4. The van der Waals surface area contributed by atoms with Crippen LogP contribution in [0.1, 0.15) is 15.9 Å². The van der Waals surface area contributed by atoms with E-state index in [9.17, 15) is 25.2 Å². The third kappa shape index (κ3) is 5.26. The summed E-state index contributed by atoms with van der Waals surface area (Å²) in [5.74, 6) is 0.796. The molecule has 0 aliphatic carbocycles. The number of carbonyl (C=O) groups is 1. The summed E-state index contributed by atoms with van der Waals surface area (Å²) in [5, 5.41) is 39.2. The van der Waals surface area contributed by atoms with Crippen LogP contribution in [0.3, 0.4) is 0 Å². The number of allylic oxidation sites excluding steroid dienone is 1. The molecule has 1 fully saturated rings. The van der Waals surface area contributed by atoms with Crippen LogP contribution in [0.2, 0.25) is 0 Å². The van der Waals surface area contributed by atoms with Crippen LogP contribution in [-0.2, 0) is 4.74 Å². The quantitative estimate of drug-likeness (QED) is 0.343. The fourth-order valence-electron chi connectivity index (χ4n) is 3.19. The van der Waals surface area contributed by atoms with Gasteiger partial charge in [-0.2, -0.15) is 0 Å². The molecule has 0 radical (unpaired) electrons. The van der Waals surface area contributed by atoms with Crippen LogP contribution in [0.4, 0.5) is 0 Å². The Morgan fingerprint density at radius 2 is 1.69 bits per heavy atom. The van der Waals surface area contributed by atoms with E-state index < -0.39 is 37.3 Å². The maximum atomic E-state index is 12.6. The van der Waals surface area contributed by atoms with Crippen molar-refractivity contribution in [3.05, 3.63) is 59.7 Å². The lowest BCUT2D eigenvalue weighted by molar-refractivity contribution is -0.277. The van der Waals surface area contributed by atoms with Crippen LogP contribution in [-0.4, -0.2) is 77.7 Å². The summed E-state index contributed by atoms with van der Waals surface area (Å²) in [6.45, 7) is -0.574. The second kappa shape index (κ2) is 10.6. The molecule has 2 aromatic carbocycles. The summed E-state index contributed by atoms with van der Waals surface area (Å²) in [6.07, 6.45) is -3.99. The van der Waals surface area contributed by atoms with Crippen molar-refractivity contribution in [2.75, 3.05) is 20.8 Å². The molecule has 1 aliphatic rings. The maximum Gasteiger partial charge on any atom is 0.229 e. The lowest BCUT2D eigenvalue weighted by atomic mass is 9.99. The predicted octanol–water partition coefficient (Wildman–Crippen LogP) is 0.779. The molecule has 1 saturated heterocycles. The second-order valence-corrected chi connectivity index (χ2v) is 7.15. The second-order valence-electron chi connectivity index (χ2n) is 7.15. The Hall–Kier alpha value is -2.95. The summed E-state index contributed by atoms with van der Waals surface area (Å²) in [5.41, 5.74) is 1.17. The molecule has 172 valence electrons. The average molecular weight is 446 g/mol. The number of methoxy groups -OCH3 is 2. The summed E-state index contributed by atoms with van der Waals surface area (Å²) in [6, 6.07) is 11.7. The number of hydrogen-bond acceptors (Lipinski definition) is 9. The van der Waals surface area contributed by atoms with Gasteiger partial charge in [0.1, 0.15) is 30.2 Å². The first kappa shape index (κ1) is 23.7. The van der Waals surface area contributed by atoms with Gasteiger partial charge in [0.05, 0.1) is 20.8 Å². The van der Waals surface area contributed by atoms with E-state index in [1.54, 1.807) is 25.3 Å². The Balaban J connectivity index is 1.73. The topological polar surface area (TPSA) is 135 Å². The molecule has 0 aromatic heterocycles. The Labute approximate surface area is 185 Å². The smallest absolute Gasteiger partial charge is 0.229 e. The maximum absolute atomic E-state index is 12.6. The normalized spacial score (nSPS) is 25.5. The van der Waals surface area contributed by atoms with Crippen LogP contribution in [0.15, 0.2) is 48.5 Å². The van der Waals surface area contributed by atoms with Gasteiger partial charge in [-0.15, -0.1) is 0 Å². The van der Waals surface area contributed by atoms with Gasteiger partial charge in [0, 0.05) is 5.56 Å². The molecule has 3 rings (SSSR count). The molecule has 0 bridgehead atoms. The highest BCUT2D eigenvalue weighted by molar-refractivity contribution is 6.07. The molecule has 4 N–H and O–H groups in total. The van der Waals surface area contributed by atoms with Gasteiger partial charge in [0.25, 0.3) is 0 Å². The minimum Gasteiger partial charge on any atom is -0.497 e. The highest BCUT2D eigenvalue weighted by Gasteiger charge is 2.44. The molecular formula is C23H26O9. The Bertz CT molecular complexity index is 939. The van der Waals surface area contributed by atoms with E-state index >= 15 is 0 Å². The third-order valence-corrected chi connectivity index (χ3v) is 5.08. The molecule has 5 atom stereocenters. The lowest BCUT2D eigenvalue weighted by Crippen LogP contribution is -2.60. The zero-order chi connectivity index (χ0) is 23.3. The summed E-state index contributed by atoms with van der Waals surface area (Å²) >= 11 is 0. The summed E-state index contributed by atoms with van der Waals surface area (Å²) < 4.78 is 21.3. The highest BCUT2D eigenvalue weighted by Crippen LogP contribution is 2.32. The predicted molar refractivity (Wildman–Crippen MR) is 114 cm³/mol. The SMILES string of the molecule is COc1ccc(/C=C/C(=O)c2ccc(O[C@@H]3O[C@H](CO)[C@@H](O)[C@H](O)[C@H]3O)c(OC)c2)cc1. The van der Waals surface area contributed by atoms with Gasteiger partial charge in [-0.25, -0.2) is 0 Å². The first-order valence-electron chi connectivity index (χ1n) is 9.89. The van der Waals surface area contributed by atoms with Gasteiger partial charge in [-0.1, -0.05) is 18.2 Å². The molecule has 0 amide bonds. The Morgan fingerprint density at radius 3 is 2.31 bits per heavy atom. The van der Waals surface area contributed by atoms with E-state index in [0.717, 1.165) is 5.56 Å². The largest absolute Gasteiger partial charge is 0.497 e. The third-order valence-electron chi connectivity index (χ3n) is 5.08. The van der Waals surface area contributed by atoms with Crippen molar-refractivity contribution in [2.24, 2.45) is 0 Å². The molecule has 2 aromatic rings. The molecule has 1 heterocycles. The van der Waals surface area contributed by atoms with Gasteiger partial charge < -0.3 is 39.4 Å². The molecular weight excluding hydrogens is 420 g/mol. The minimum absolute atomic E-state index is 0.146. The fraction of sp³-hybridized carbons (Fsp3) is 0.348. The number of rotatable bonds is 8. The molecule has 0 unspecified atom stereocenters. The fourth-order valence-corrected chi connectivity index (χ4v) is 3.19. The van der Waals surface area contributed by atoms with E-state index in [0.29, 0.717) is 11.3 Å².